The van der Waals surface area contributed by atoms with Gasteiger partial charge in [-0.25, -0.2) is 0 Å². The van der Waals surface area contributed by atoms with E-state index in [9.17, 15) is 9.90 Å². The number of benzene rings is 3. The lowest BCUT2D eigenvalue weighted by Crippen LogP contribution is -2.30. The van der Waals surface area contributed by atoms with Gasteiger partial charge in [0, 0.05) is 59.5 Å². The predicted octanol–water partition coefficient (Wildman–Crippen LogP) is 5.86. The maximum Gasteiger partial charge on any atom is 0.274 e. The highest BCUT2D eigenvalue weighted by Crippen LogP contribution is 2.45. The molecule has 1 amide bonds. The van der Waals surface area contributed by atoms with Gasteiger partial charge in [0.1, 0.15) is 11.4 Å². The summed E-state index contributed by atoms with van der Waals surface area (Å²) in [5.41, 5.74) is 4.37. The van der Waals surface area contributed by atoms with Crippen LogP contribution in [0.3, 0.4) is 0 Å². The SMILES string of the molecule is CCN(CC)c1ccc2[nH]c(C(=O)N3CC(CCl)c4c3cc(O)c3ccccc43)cc2c1. The zero-order chi connectivity index (χ0) is 22.4. The number of phenolic OH excluding ortho intramolecular Hbond substituents is 1. The van der Waals surface area contributed by atoms with Gasteiger partial charge in [-0.2, -0.15) is 0 Å². The molecule has 1 aliphatic rings. The Morgan fingerprint density at radius 2 is 1.88 bits per heavy atom. The summed E-state index contributed by atoms with van der Waals surface area (Å²) in [5, 5.41) is 13.4. The third-order valence-electron chi connectivity index (χ3n) is 6.54. The highest BCUT2D eigenvalue weighted by Gasteiger charge is 2.35. The molecular weight excluding hydrogens is 422 g/mol. The highest BCUT2D eigenvalue weighted by atomic mass is 35.5. The van der Waals surface area contributed by atoms with Crippen LogP contribution in [-0.2, 0) is 0 Å². The number of hydrogen-bond acceptors (Lipinski definition) is 3. The van der Waals surface area contributed by atoms with Gasteiger partial charge >= 0.3 is 0 Å². The van der Waals surface area contributed by atoms with Crippen LogP contribution in [0.15, 0.2) is 54.6 Å². The molecule has 5 nitrogen and oxygen atoms in total. The van der Waals surface area contributed by atoms with E-state index in [1.807, 2.05) is 36.4 Å². The van der Waals surface area contributed by atoms with Gasteiger partial charge in [0.15, 0.2) is 0 Å². The van der Waals surface area contributed by atoms with E-state index in [0.29, 0.717) is 18.1 Å². The molecular formula is C26H26ClN3O2. The molecule has 0 radical (unpaired) electrons. The van der Waals surface area contributed by atoms with Gasteiger partial charge in [-0.15, -0.1) is 11.6 Å². The maximum absolute atomic E-state index is 13.6. The summed E-state index contributed by atoms with van der Waals surface area (Å²) in [4.78, 5) is 20.9. The second-order valence-electron chi connectivity index (χ2n) is 8.27. The zero-order valence-corrected chi connectivity index (χ0v) is 19.0. The van der Waals surface area contributed by atoms with Gasteiger partial charge in [0.25, 0.3) is 5.91 Å². The third kappa shape index (κ3) is 3.19. The van der Waals surface area contributed by atoms with E-state index in [4.69, 9.17) is 11.6 Å². The van der Waals surface area contributed by atoms with Crippen molar-refractivity contribution in [2.75, 3.05) is 35.3 Å². The number of aromatic nitrogens is 1. The number of fused-ring (bicyclic) bond motifs is 4. The van der Waals surface area contributed by atoms with Crippen molar-refractivity contribution in [1.82, 2.24) is 4.98 Å². The Morgan fingerprint density at radius 1 is 1.12 bits per heavy atom. The van der Waals surface area contributed by atoms with E-state index in [-0.39, 0.29) is 17.6 Å². The molecule has 4 aromatic rings. The van der Waals surface area contributed by atoms with E-state index in [2.05, 4.69) is 35.9 Å². The van der Waals surface area contributed by atoms with Crippen LogP contribution in [0.5, 0.6) is 5.75 Å². The van der Waals surface area contributed by atoms with Crippen molar-refractivity contribution in [3.63, 3.8) is 0 Å². The number of H-pyrrole nitrogens is 1. The fourth-order valence-electron chi connectivity index (χ4n) is 4.91. The van der Waals surface area contributed by atoms with Crippen molar-refractivity contribution in [1.29, 1.82) is 0 Å². The Morgan fingerprint density at radius 3 is 2.59 bits per heavy atom. The standard InChI is InChI=1S/C26H26ClN3O2/c1-3-29(4-2)18-9-10-21-16(11-18)12-22(28-21)26(32)30-15-17(14-27)25-20-8-6-5-7-19(20)24(31)13-23(25)30/h5-13,17,28,31H,3-4,14-15H2,1-2H3. The fourth-order valence-corrected chi connectivity index (χ4v) is 5.16. The molecule has 6 heteroatoms. The minimum absolute atomic E-state index is 0.0137. The van der Waals surface area contributed by atoms with Crippen molar-refractivity contribution in [3.8, 4) is 5.75 Å². The van der Waals surface area contributed by atoms with Gasteiger partial charge in [0.2, 0.25) is 0 Å². The zero-order valence-electron chi connectivity index (χ0n) is 18.2. The van der Waals surface area contributed by atoms with Crippen LogP contribution < -0.4 is 9.80 Å². The molecule has 1 aliphatic heterocycles. The minimum Gasteiger partial charge on any atom is -0.507 e. The summed E-state index contributed by atoms with van der Waals surface area (Å²) < 4.78 is 0. The number of aromatic amines is 1. The van der Waals surface area contributed by atoms with E-state index in [1.165, 1.54) is 0 Å². The van der Waals surface area contributed by atoms with E-state index in [1.54, 1.807) is 11.0 Å². The first kappa shape index (κ1) is 20.7. The molecule has 2 N–H and O–H groups in total. The molecule has 3 aromatic carbocycles. The second-order valence-corrected chi connectivity index (χ2v) is 8.58. The Balaban J connectivity index is 1.56. The molecule has 2 heterocycles. The molecule has 0 spiro atoms. The number of amides is 1. The number of nitrogens with zero attached hydrogens (tertiary/aromatic N) is 2. The van der Waals surface area contributed by atoms with Gasteiger partial charge in [-0.1, -0.05) is 24.3 Å². The van der Waals surface area contributed by atoms with Crippen molar-refractivity contribution in [2.45, 2.75) is 19.8 Å². The summed E-state index contributed by atoms with van der Waals surface area (Å²) in [5.74, 6) is 0.479. The number of halogens is 1. The first-order valence-corrected chi connectivity index (χ1v) is 11.6. The average molecular weight is 448 g/mol. The second kappa shape index (κ2) is 8.06. The predicted molar refractivity (Wildman–Crippen MR) is 133 cm³/mol. The normalized spacial score (nSPS) is 15.5. The maximum atomic E-state index is 13.6. The molecule has 0 aliphatic carbocycles. The molecule has 0 saturated heterocycles. The summed E-state index contributed by atoms with van der Waals surface area (Å²) in [7, 11) is 0. The van der Waals surface area contributed by atoms with Crippen LogP contribution in [-0.4, -0.2) is 41.5 Å². The number of rotatable bonds is 5. The van der Waals surface area contributed by atoms with Crippen LogP contribution >= 0.6 is 11.6 Å². The third-order valence-corrected chi connectivity index (χ3v) is 6.91. The number of nitrogens with one attached hydrogen (secondary N) is 1. The van der Waals surface area contributed by atoms with E-state index >= 15 is 0 Å². The van der Waals surface area contributed by atoms with E-state index in [0.717, 1.165) is 51.7 Å². The first-order valence-electron chi connectivity index (χ1n) is 11.1. The van der Waals surface area contributed by atoms with Gasteiger partial charge in [-0.3, -0.25) is 4.79 Å². The molecule has 0 fully saturated rings. The number of anilines is 2. The number of carbonyl (C=O) groups excluding carboxylic acids is 1. The Labute approximate surface area is 192 Å². The van der Waals surface area contributed by atoms with Crippen LogP contribution in [0.4, 0.5) is 11.4 Å². The fraction of sp³-hybridized carbons (Fsp3) is 0.269. The largest absolute Gasteiger partial charge is 0.507 e. The molecule has 1 unspecified atom stereocenters. The smallest absolute Gasteiger partial charge is 0.274 e. The van der Waals surface area contributed by atoms with Gasteiger partial charge in [-0.05, 0) is 49.1 Å². The number of aromatic hydroxyl groups is 1. The van der Waals surface area contributed by atoms with Crippen LogP contribution in [0.1, 0.15) is 35.8 Å². The van der Waals surface area contributed by atoms with Crippen molar-refractivity contribution in [3.05, 3.63) is 65.9 Å². The summed E-state index contributed by atoms with van der Waals surface area (Å²) in [6.45, 7) is 6.62. The highest BCUT2D eigenvalue weighted by molar-refractivity contribution is 6.19. The Bertz CT molecular complexity index is 1330. The average Bonchev–Trinajstić information content (AvgIpc) is 3.41. The quantitative estimate of drug-likeness (QED) is 0.377. The molecule has 32 heavy (non-hydrogen) atoms. The topological polar surface area (TPSA) is 59.6 Å². The van der Waals surface area contributed by atoms with Gasteiger partial charge < -0.3 is 19.9 Å². The Hall–Kier alpha value is -3.18. The van der Waals surface area contributed by atoms with Crippen LogP contribution in [0.2, 0.25) is 0 Å². The van der Waals surface area contributed by atoms with Crippen molar-refractivity contribution in [2.24, 2.45) is 0 Å². The first-order chi connectivity index (χ1) is 15.5. The molecule has 1 aromatic heterocycles. The molecule has 164 valence electrons. The van der Waals surface area contributed by atoms with Crippen LogP contribution in [0, 0.1) is 0 Å². The van der Waals surface area contributed by atoms with Crippen molar-refractivity contribution < 1.29 is 9.90 Å². The van der Waals surface area contributed by atoms with E-state index < -0.39 is 0 Å². The molecule has 0 bridgehead atoms. The monoisotopic (exact) mass is 447 g/mol. The van der Waals surface area contributed by atoms with Crippen LogP contribution in [0.25, 0.3) is 21.7 Å². The number of phenols is 1. The lowest BCUT2D eigenvalue weighted by molar-refractivity contribution is 0.0984. The summed E-state index contributed by atoms with van der Waals surface area (Å²) in [6.07, 6.45) is 0. The van der Waals surface area contributed by atoms with Gasteiger partial charge in [0.05, 0.1) is 5.69 Å². The summed E-state index contributed by atoms with van der Waals surface area (Å²) >= 11 is 6.32. The van der Waals surface area contributed by atoms with Crippen molar-refractivity contribution >= 4 is 50.6 Å². The number of carbonyl (C=O) groups is 1. The summed E-state index contributed by atoms with van der Waals surface area (Å²) in [6, 6.07) is 17.6. The molecule has 1 atom stereocenters. The lowest BCUT2D eigenvalue weighted by Gasteiger charge is -2.20. The number of hydrogen-bond donors (Lipinski definition) is 2. The Kier molecular flexibility index (Phi) is 5.22. The minimum atomic E-state index is -0.117. The molecule has 0 saturated carbocycles. The molecule has 5 rings (SSSR count). The lowest BCUT2D eigenvalue weighted by atomic mass is 9.95. The number of alkyl halides is 1.